The molecule has 0 aliphatic heterocycles. The van der Waals surface area contributed by atoms with E-state index in [4.69, 9.17) is 4.55 Å². The van der Waals surface area contributed by atoms with Crippen molar-refractivity contribution < 1.29 is 32.0 Å². The van der Waals surface area contributed by atoms with Gasteiger partial charge in [0.15, 0.2) is 12.4 Å². The van der Waals surface area contributed by atoms with Crippen molar-refractivity contribution in [3.63, 3.8) is 0 Å². The van der Waals surface area contributed by atoms with E-state index >= 15 is 0 Å². The van der Waals surface area contributed by atoms with E-state index in [0.717, 1.165) is 0 Å². The summed E-state index contributed by atoms with van der Waals surface area (Å²) in [6.07, 6.45) is 0. The van der Waals surface area contributed by atoms with Crippen molar-refractivity contribution in [3.8, 4) is 0 Å². The van der Waals surface area contributed by atoms with Crippen molar-refractivity contribution in [3.05, 3.63) is 0 Å². The van der Waals surface area contributed by atoms with Crippen LogP contribution in [0.3, 0.4) is 0 Å². The number of hydrogen-bond acceptors (Lipinski definition) is 6. The molecule has 0 aromatic rings. The lowest BCUT2D eigenvalue weighted by molar-refractivity contribution is -0.157. The van der Waals surface area contributed by atoms with E-state index < -0.39 is 34.4 Å². The van der Waals surface area contributed by atoms with Crippen molar-refractivity contribution in [2.24, 2.45) is 0 Å². The standard InChI is InChI=1S/C6H10O7S/c1-2-12-5(7)3-13-6(8)4-14(9,10)11/h2-4H2,1H3,(H,9,10,11). The largest absolute Gasteiger partial charge is 0.463 e. The summed E-state index contributed by atoms with van der Waals surface area (Å²) in [6, 6.07) is 0. The second-order valence-corrected chi connectivity index (χ2v) is 3.64. The Morgan fingerprint density at radius 3 is 2.21 bits per heavy atom. The molecule has 0 spiro atoms. The molecule has 0 rings (SSSR count). The van der Waals surface area contributed by atoms with Crippen molar-refractivity contribution in [2.75, 3.05) is 19.0 Å². The fourth-order valence-corrected chi connectivity index (χ4v) is 0.914. The average Bonchev–Trinajstić information content (AvgIpc) is 1.98. The Labute approximate surface area is 80.7 Å². The molecule has 0 bridgehead atoms. The SMILES string of the molecule is CCOC(=O)COC(=O)CS(=O)(=O)O. The molecule has 0 saturated heterocycles. The van der Waals surface area contributed by atoms with Crippen LogP contribution in [0.25, 0.3) is 0 Å². The minimum Gasteiger partial charge on any atom is -0.463 e. The monoisotopic (exact) mass is 226 g/mol. The Morgan fingerprint density at radius 1 is 1.21 bits per heavy atom. The van der Waals surface area contributed by atoms with Gasteiger partial charge in [-0.25, -0.2) is 4.79 Å². The number of rotatable bonds is 5. The van der Waals surface area contributed by atoms with Crippen molar-refractivity contribution >= 4 is 22.1 Å². The number of esters is 2. The van der Waals surface area contributed by atoms with Crippen LogP contribution in [0.2, 0.25) is 0 Å². The lowest BCUT2D eigenvalue weighted by Crippen LogP contribution is -2.22. The average molecular weight is 226 g/mol. The van der Waals surface area contributed by atoms with Gasteiger partial charge in [0.1, 0.15) is 0 Å². The van der Waals surface area contributed by atoms with Gasteiger partial charge in [-0.1, -0.05) is 0 Å². The summed E-state index contributed by atoms with van der Waals surface area (Å²) in [5.74, 6) is -3.16. The molecule has 0 aromatic carbocycles. The fourth-order valence-electron chi connectivity index (χ4n) is 0.533. The quantitative estimate of drug-likeness (QED) is 0.472. The number of hydrogen-bond donors (Lipinski definition) is 1. The van der Waals surface area contributed by atoms with E-state index in [1.54, 1.807) is 6.92 Å². The molecule has 0 fully saturated rings. The highest BCUT2D eigenvalue weighted by molar-refractivity contribution is 7.86. The van der Waals surface area contributed by atoms with Gasteiger partial charge in [0.2, 0.25) is 0 Å². The van der Waals surface area contributed by atoms with E-state index in [0.29, 0.717) is 0 Å². The normalized spacial score (nSPS) is 10.7. The molecule has 0 radical (unpaired) electrons. The van der Waals surface area contributed by atoms with Gasteiger partial charge >= 0.3 is 11.9 Å². The Bertz CT molecular complexity index is 304. The Morgan fingerprint density at radius 2 is 1.79 bits per heavy atom. The van der Waals surface area contributed by atoms with Gasteiger partial charge in [-0.3, -0.25) is 9.35 Å². The second kappa shape index (κ2) is 5.55. The van der Waals surface area contributed by atoms with Gasteiger partial charge < -0.3 is 9.47 Å². The van der Waals surface area contributed by atoms with Crippen LogP contribution in [0.1, 0.15) is 6.92 Å². The van der Waals surface area contributed by atoms with Crippen molar-refractivity contribution in [1.82, 2.24) is 0 Å². The molecule has 0 aliphatic carbocycles. The van der Waals surface area contributed by atoms with Crippen molar-refractivity contribution in [2.45, 2.75) is 6.92 Å². The first kappa shape index (κ1) is 12.8. The first-order valence-electron chi connectivity index (χ1n) is 3.61. The molecule has 0 saturated carbocycles. The molecule has 14 heavy (non-hydrogen) atoms. The molecular formula is C6H10O7S. The summed E-state index contributed by atoms with van der Waals surface area (Å²) in [5.41, 5.74) is 0. The summed E-state index contributed by atoms with van der Waals surface area (Å²) in [4.78, 5) is 21.2. The van der Waals surface area contributed by atoms with E-state index in [9.17, 15) is 18.0 Å². The van der Waals surface area contributed by atoms with Gasteiger partial charge in [0, 0.05) is 0 Å². The molecule has 7 nitrogen and oxygen atoms in total. The topological polar surface area (TPSA) is 107 Å². The lowest BCUT2D eigenvalue weighted by atomic mass is 10.7. The summed E-state index contributed by atoms with van der Waals surface area (Å²) in [5, 5.41) is 0. The zero-order valence-corrected chi connectivity index (χ0v) is 8.24. The first-order chi connectivity index (χ1) is 6.35. The zero-order valence-electron chi connectivity index (χ0n) is 7.43. The van der Waals surface area contributed by atoms with E-state index in [-0.39, 0.29) is 6.61 Å². The third kappa shape index (κ3) is 7.50. The van der Waals surface area contributed by atoms with E-state index in [2.05, 4.69) is 9.47 Å². The predicted molar refractivity (Wildman–Crippen MR) is 44.0 cm³/mol. The Hall–Kier alpha value is -1.15. The van der Waals surface area contributed by atoms with E-state index in [1.807, 2.05) is 0 Å². The van der Waals surface area contributed by atoms with Gasteiger partial charge in [0.05, 0.1) is 6.61 Å². The highest BCUT2D eigenvalue weighted by Crippen LogP contribution is 1.88. The summed E-state index contributed by atoms with van der Waals surface area (Å²) in [7, 11) is -4.41. The van der Waals surface area contributed by atoms with Gasteiger partial charge in [-0.05, 0) is 6.92 Å². The van der Waals surface area contributed by atoms with Crippen LogP contribution in [0.15, 0.2) is 0 Å². The highest BCUT2D eigenvalue weighted by atomic mass is 32.2. The van der Waals surface area contributed by atoms with Crippen LogP contribution >= 0.6 is 0 Å². The van der Waals surface area contributed by atoms with Gasteiger partial charge in [-0.2, -0.15) is 8.42 Å². The van der Waals surface area contributed by atoms with Crippen LogP contribution in [0.5, 0.6) is 0 Å². The Kier molecular flexibility index (Phi) is 5.10. The van der Waals surface area contributed by atoms with Gasteiger partial charge in [0.25, 0.3) is 10.1 Å². The lowest BCUT2D eigenvalue weighted by Gasteiger charge is -2.02. The molecule has 0 amide bonds. The molecule has 82 valence electrons. The zero-order chi connectivity index (χ0) is 11.2. The predicted octanol–water partition coefficient (Wildman–Crippen LogP) is -1.02. The molecule has 8 heteroatoms. The molecule has 0 aromatic heterocycles. The van der Waals surface area contributed by atoms with Crippen LogP contribution in [-0.2, 0) is 29.2 Å². The fraction of sp³-hybridized carbons (Fsp3) is 0.667. The molecule has 1 N–H and O–H groups in total. The number of ether oxygens (including phenoxy) is 2. The highest BCUT2D eigenvalue weighted by Gasteiger charge is 2.15. The summed E-state index contributed by atoms with van der Waals surface area (Å²) >= 11 is 0. The third-order valence-electron chi connectivity index (χ3n) is 0.957. The van der Waals surface area contributed by atoms with Crippen LogP contribution in [0, 0.1) is 0 Å². The molecule has 0 heterocycles. The summed E-state index contributed by atoms with van der Waals surface area (Å²) in [6.45, 7) is 1.04. The van der Waals surface area contributed by atoms with Crippen LogP contribution in [0.4, 0.5) is 0 Å². The van der Waals surface area contributed by atoms with Gasteiger partial charge in [-0.15, -0.1) is 0 Å². The molecule has 0 aliphatic rings. The molecule has 0 atom stereocenters. The minimum absolute atomic E-state index is 0.134. The maximum atomic E-state index is 10.6. The maximum absolute atomic E-state index is 10.6. The number of carbonyl (C=O) groups is 2. The smallest absolute Gasteiger partial charge is 0.344 e. The molecule has 0 unspecified atom stereocenters. The molecular weight excluding hydrogens is 216 g/mol. The van der Waals surface area contributed by atoms with E-state index in [1.165, 1.54) is 0 Å². The van der Waals surface area contributed by atoms with Crippen LogP contribution < -0.4 is 0 Å². The van der Waals surface area contributed by atoms with Crippen LogP contribution in [-0.4, -0.2) is 43.9 Å². The maximum Gasteiger partial charge on any atom is 0.344 e. The summed E-state index contributed by atoms with van der Waals surface area (Å²) < 4.78 is 37.1. The number of carbonyl (C=O) groups excluding carboxylic acids is 2. The second-order valence-electron chi connectivity index (χ2n) is 2.19. The minimum atomic E-state index is -4.41. The first-order valence-corrected chi connectivity index (χ1v) is 5.22. The Balaban J connectivity index is 3.81. The third-order valence-corrected chi connectivity index (χ3v) is 1.56. The van der Waals surface area contributed by atoms with Crippen molar-refractivity contribution in [1.29, 1.82) is 0 Å².